The van der Waals surface area contributed by atoms with Crippen LogP contribution in [0.25, 0.3) is 5.69 Å². The van der Waals surface area contributed by atoms with Crippen LogP contribution in [0.4, 0.5) is 10.2 Å². The van der Waals surface area contributed by atoms with Gasteiger partial charge in [-0.3, -0.25) is 19.0 Å². The Labute approximate surface area is 255 Å². The molecule has 0 saturated heterocycles. The van der Waals surface area contributed by atoms with Gasteiger partial charge in [0.2, 0.25) is 0 Å². The van der Waals surface area contributed by atoms with Gasteiger partial charge in [-0.1, -0.05) is 30.3 Å². The molecule has 228 valence electrons. The standard InChI is InChI=1S/C35H36FN3O5/c36-26-13-11-25(12-14-26)33(41)30-19-20-32(40)39(34(30)37)27-15-17-28(18-16-27)43-22-6-21-38-31(23-24-7-2-1-3-8-24)35(42)44-29-9-4-5-10-29/h1-3,7-8,11-20,29,31,38H,4-6,9-10,21-23,37H2/t31-/m0/s1. The van der Waals surface area contributed by atoms with Crippen LogP contribution >= 0.6 is 0 Å². The van der Waals surface area contributed by atoms with Crippen LogP contribution in [-0.4, -0.2) is 41.6 Å². The Kier molecular flexibility index (Phi) is 10.2. The lowest BCUT2D eigenvalue weighted by molar-refractivity contribution is -0.151. The molecule has 1 aromatic heterocycles. The molecule has 0 aliphatic heterocycles. The summed E-state index contributed by atoms with van der Waals surface area (Å²) in [5, 5.41) is 3.35. The molecule has 44 heavy (non-hydrogen) atoms. The van der Waals surface area contributed by atoms with Crippen molar-refractivity contribution in [3.63, 3.8) is 0 Å². The Morgan fingerprint density at radius 3 is 2.34 bits per heavy atom. The van der Waals surface area contributed by atoms with E-state index in [1.54, 1.807) is 24.3 Å². The molecule has 3 N–H and O–H groups in total. The van der Waals surface area contributed by atoms with Crippen molar-refractivity contribution >= 4 is 17.6 Å². The van der Waals surface area contributed by atoms with Crippen molar-refractivity contribution in [3.8, 4) is 11.4 Å². The van der Waals surface area contributed by atoms with Crippen molar-refractivity contribution in [2.24, 2.45) is 0 Å². The number of benzene rings is 3. The quantitative estimate of drug-likeness (QED) is 0.123. The monoisotopic (exact) mass is 597 g/mol. The summed E-state index contributed by atoms with van der Waals surface area (Å²) < 4.78 is 26.2. The topological polar surface area (TPSA) is 113 Å². The summed E-state index contributed by atoms with van der Waals surface area (Å²) in [5.74, 6) is -0.495. The molecular formula is C35H36FN3O5. The Hall–Kier alpha value is -4.76. The van der Waals surface area contributed by atoms with E-state index < -0.39 is 23.2 Å². The molecule has 3 aromatic carbocycles. The second-order valence-corrected chi connectivity index (χ2v) is 10.9. The first kappa shape index (κ1) is 30.7. The maximum atomic E-state index is 13.3. The summed E-state index contributed by atoms with van der Waals surface area (Å²) in [6, 6.07) is 24.1. The lowest BCUT2D eigenvalue weighted by atomic mass is 10.0. The fraction of sp³-hybridized carbons (Fsp3) is 0.286. The Morgan fingerprint density at radius 2 is 1.64 bits per heavy atom. The smallest absolute Gasteiger partial charge is 0.323 e. The second-order valence-electron chi connectivity index (χ2n) is 10.9. The number of rotatable bonds is 13. The van der Waals surface area contributed by atoms with Gasteiger partial charge < -0.3 is 20.5 Å². The van der Waals surface area contributed by atoms with Gasteiger partial charge in [0.15, 0.2) is 5.78 Å². The number of nitrogens with zero attached hydrogens (tertiary/aromatic N) is 1. The van der Waals surface area contributed by atoms with Gasteiger partial charge in [-0.25, -0.2) is 4.39 Å². The normalized spacial score (nSPS) is 13.8. The van der Waals surface area contributed by atoms with Gasteiger partial charge in [0.05, 0.1) is 17.9 Å². The van der Waals surface area contributed by atoms with Crippen LogP contribution in [0, 0.1) is 5.82 Å². The molecule has 8 nitrogen and oxygen atoms in total. The SMILES string of the molecule is Nc1c(C(=O)c2ccc(F)cc2)ccc(=O)n1-c1ccc(OCCCN[C@@H](Cc2ccccc2)C(=O)OC2CCCC2)cc1. The third-order valence-electron chi connectivity index (χ3n) is 7.71. The zero-order valence-electron chi connectivity index (χ0n) is 24.4. The molecule has 0 amide bonds. The molecule has 4 aromatic rings. The molecular weight excluding hydrogens is 561 g/mol. The van der Waals surface area contributed by atoms with Gasteiger partial charge in [-0.15, -0.1) is 0 Å². The Balaban J connectivity index is 1.16. The third-order valence-corrected chi connectivity index (χ3v) is 7.71. The highest BCUT2D eigenvalue weighted by Gasteiger charge is 2.25. The number of ether oxygens (including phenoxy) is 2. The zero-order chi connectivity index (χ0) is 30.9. The summed E-state index contributed by atoms with van der Waals surface area (Å²) >= 11 is 0. The number of halogens is 1. The minimum Gasteiger partial charge on any atom is -0.494 e. The van der Waals surface area contributed by atoms with Gasteiger partial charge in [-0.05, 0) is 105 Å². The molecule has 0 bridgehead atoms. The van der Waals surface area contributed by atoms with E-state index in [1.165, 1.54) is 41.0 Å². The van der Waals surface area contributed by atoms with Gasteiger partial charge in [0.25, 0.3) is 5.56 Å². The molecule has 1 fully saturated rings. The molecule has 5 rings (SSSR count). The van der Waals surface area contributed by atoms with Crippen LogP contribution in [0.2, 0.25) is 0 Å². The number of carbonyl (C=O) groups is 2. The number of anilines is 1. The third kappa shape index (κ3) is 7.79. The van der Waals surface area contributed by atoms with E-state index in [9.17, 15) is 18.8 Å². The van der Waals surface area contributed by atoms with E-state index in [-0.39, 0.29) is 29.0 Å². The van der Waals surface area contributed by atoms with Gasteiger partial charge >= 0.3 is 5.97 Å². The number of hydrogen-bond donors (Lipinski definition) is 2. The molecule has 0 radical (unpaired) electrons. The number of nitrogens with one attached hydrogen (secondary N) is 1. The lowest BCUT2D eigenvalue weighted by Crippen LogP contribution is -2.41. The van der Waals surface area contributed by atoms with Crippen molar-refractivity contribution in [2.75, 3.05) is 18.9 Å². The average molecular weight is 598 g/mol. The van der Waals surface area contributed by atoms with E-state index in [0.29, 0.717) is 37.4 Å². The summed E-state index contributed by atoms with van der Waals surface area (Å²) in [7, 11) is 0. The van der Waals surface area contributed by atoms with Crippen LogP contribution in [0.1, 0.15) is 53.6 Å². The predicted octanol–water partition coefficient (Wildman–Crippen LogP) is 5.25. The Morgan fingerprint density at radius 1 is 0.932 bits per heavy atom. The summed E-state index contributed by atoms with van der Waals surface area (Å²) in [5.41, 5.74) is 7.82. The molecule has 0 spiro atoms. The highest BCUT2D eigenvalue weighted by molar-refractivity contribution is 6.11. The number of aromatic nitrogens is 1. The van der Waals surface area contributed by atoms with E-state index in [0.717, 1.165) is 31.2 Å². The molecule has 1 heterocycles. The van der Waals surface area contributed by atoms with Crippen LogP contribution in [0.5, 0.6) is 5.75 Å². The number of nitrogens with two attached hydrogens (primary N) is 1. The maximum Gasteiger partial charge on any atom is 0.323 e. The fourth-order valence-electron chi connectivity index (χ4n) is 5.34. The molecule has 1 aliphatic carbocycles. The minimum atomic E-state index is -0.454. The summed E-state index contributed by atoms with van der Waals surface area (Å²) in [4.78, 5) is 38.6. The first-order chi connectivity index (χ1) is 21.4. The maximum absolute atomic E-state index is 13.3. The number of ketones is 1. The summed E-state index contributed by atoms with van der Waals surface area (Å²) in [6.07, 6.45) is 5.27. The van der Waals surface area contributed by atoms with Crippen LogP contribution in [0.15, 0.2) is 95.8 Å². The number of carbonyl (C=O) groups excluding carboxylic acids is 2. The minimum absolute atomic E-state index is 0.0110. The molecule has 1 aliphatic rings. The first-order valence-electron chi connectivity index (χ1n) is 14.9. The number of esters is 1. The van der Waals surface area contributed by atoms with Crippen molar-refractivity contribution in [1.29, 1.82) is 0 Å². The zero-order valence-corrected chi connectivity index (χ0v) is 24.4. The van der Waals surface area contributed by atoms with E-state index >= 15 is 0 Å². The van der Waals surface area contributed by atoms with Crippen molar-refractivity contribution < 1.29 is 23.5 Å². The predicted molar refractivity (Wildman–Crippen MR) is 167 cm³/mol. The van der Waals surface area contributed by atoms with Crippen LogP contribution in [-0.2, 0) is 16.0 Å². The summed E-state index contributed by atoms with van der Waals surface area (Å²) in [6.45, 7) is 0.974. The lowest BCUT2D eigenvalue weighted by Gasteiger charge is -2.20. The first-order valence-corrected chi connectivity index (χ1v) is 14.9. The highest BCUT2D eigenvalue weighted by Crippen LogP contribution is 2.23. The number of pyridine rings is 1. The highest BCUT2D eigenvalue weighted by atomic mass is 19.1. The largest absolute Gasteiger partial charge is 0.494 e. The molecule has 9 heteroatoms. The second kappa shape index (κ2) is 14.6. The van der Waals surface area contributed by atoms with Gasteiger partial charge in [-0.2, -0.15) is 0 Å². The van der Waals surface area contributed by atoms with Gasteiger partial charge in [0.1, 0.15) is 29.5 Å². The van der Waals surface area contributed by atoms with Crippen LogP contribution < -0.4 is 21.3 Å². The van der Waals surface area contributed by atoms with Crippen LogP contribution in [0.3, 0.4) is 0 Å². The van der Waals surface area contributed by atoms with Crippen molar-refractivity contribution in [2.45, 2.75) is 50.7 Å². The molecule has 1 saturated carbocycles. The molecule has 0 unspecified atom stereocenters. The van der Waals surface area contributed by atoms with E-state index in [4.69, 9.17) is 15.2 Å². The number of hydrogen-bond acceptors (Lipinski definition) is 7. The molecule has 1 atom stereocenters. The van der Waals surface area contributed by atoms with Crippen molar-refractivity contribution in [3.05, 3.63) is 124 Å². The average Bonchev–Trinajstić information content (AvgIpc) is 3.55. The number of nitrogen functional groups attached to an aromatic ring is 1. The van der Waals surface area contributed by atoms with Crippen molar-refractivity contribution in [1.82, 2.24) is 9.88 Å². The Bertz CT molecular complexity index is 1620. The fourth-order valence-corrected chi connectivity index (χ4v) is 5.34. The van der Waals surface area contributed by atoms with E-state index in [2.05, 4.69) is 5.32 Å². The van der Waals surface area contributed by atoms with Gasteiger partial charge in [0, 0.05) is 11.6 Å². The van der Waals surface area contributed by atoms with E-state index in [1.807, 2.05) is 30.3 Å².